The monoisotopic (exact) mass is 292 g/mol. The summed E-state index contributed by atoms with van der Waals surface area (Å²) in [6.07, 6.45) is 1.18. The third-order valence-corrected chi connectivity index (χ3v) is 3.13. The van der Waals surface area contributed by atoms with Gasteiger partial charge in [-0.05, 0) is 25.5 Å². The van der Waals surface area contributed by atoms with Crippen LogP contribution in [0, 0.1) is 0 Å². The van der Waals surface area contributed by atoms with E-state index >= 15 is 0 Å². The van der Waals surface area contributed by atoms with Crippen LogP contribution in [0.2, 0.25) is 0 Å². The number of nitrogens with one attached hydrogen (secondary N) is 1. The van der Waals surface area contributed by atoms with Crippen LogP contribution in [0.25, 0.3) is 0 Å². The molecule has 1 saturated heterocycles. The second kappa shape index (κ2) is 8.46. The van der Waals surface area contributed by atoms with Crippen molar-refractivity contribution in [2.24, 2.45) is 0 Å². The summed E-state index contributed by atoms with van der Waals surface area (Å²) in [6.45, 7) is 5.42. The van der Waals surface area contributed by atoms with Crippen molar-refractivity contribution < 1.29 is 4.74 Å². The molecule has 1 aromatic rings. The average Bonchev–Trinajstić information content (AvgIpc) is 2.54. The Bertz CT molecular complexity index is 350. The number of rotatable bonds is 2. The number of halogens is 2. The van der Waals surface area contributed by atoms with Gasteiger partial charge in [-0.3, -0.25) is 0 Å². The lowest BCUT2D eigenvalue weighted by atomic mass is 10.2. The van der Waals surface area contributed by atoms with E-state index in [0.29, 0.717) is 6.04 Å². The number of benzene rings is 1. The van der Waals surface area contributed by atoms with Gasteiger partial charge >= 0.3 is 0 Å². The van der Waals surface area contributed by atoms with Gasteiger partial charge in [0.2, 0.25) is 0 Å². The van der Waals surface area contributed by atoms with Gasteiger partial charge in [-0.1, -0.05) is 12.1 Å². The Hall–Kier alpha value is -0.640. The van der Waals surface area contributed by atoms with Gasteiger partial charge in [0.1, 0.15) is 5.75 Å². The molecule has 5 heteroatoms. The molecule has 0 aliphatic carbocycles. The van der Waals surface area contributed by atoms with Crippen molar-refractivity contribution in [2.45, 2.75) is 19.4 Å². The summed E-state index contributed by atoms with van der Waals surface area (Å²) in [7, 11) is 1.73. The summed E-state index contributed by atoms with van der Waals surface area (Å²) in [4.78, 5) is 2.40. The fourth-order valence-corrected chi connectivity index (χ4v) is 2.14. The zero-order chi connectivity index (χ0) is 11.4. The van der Waals surface area contributed by atoms with Gasteiger partial charge < -0.3 is 15.0 Å². The maximum Gasteiger partial charge on any atom is 0.142 e. The van der Waals surface area contributed by atoms with Gasteiger partial charge in [0.05, 0.1) is 12.8 Å². The van der Waals surface area contributed by atoms with Gasteiger partial charge in [0, 0.05) is 25.7 Å². The fourth-order valence-electron chi connectivity index (χ4n) is 2.14. The molecular formula is C13H22Cl2N2O. The van der Waals surface area contributed by atoms with Crippen LogP contribution in [-0.2, 0) is 0 Å². The minimum absolute atomic E-state index is 0. The highest BCUT2D eigenvalue weighted by atomic mass is 35.5. The summed E-state index contributed by atoms with van der Waals surface area (Å²) in [5, 5.41) is 3.50. The van der Waals surface area contributed by atoms with Crippen LogP contribution < -0.4 is 15.0 Å². The Morgan fingerprint density at radius 3 is 2.67 bits per heavy atom. The summed E-state index contributed by atoms with van der Waals surface area (Å²) >= 11 is 0. The summed E-state index contributed by atoms with van der Waals surface area (Å²) in [6, 6.07) is 8.85. The highest BCUT2D eigenvalue weighted by Crippen LogP contribution is 2.28. The molecule has 0 spiro atoms. The Labute approximate surface area is 122 Å². The Balaban J connectivity index is 0.00000144. The molecule has 1 aromatic carbocycles. The molecular weight excluding hydrogens is 271 g/mol. The van der Waals surface area contributed by atoms with E-state index in [4.69, 9.17) is 4.74 Å². The molecule has 0 amide bonds. The predicted octanol–water partition coefficient (Wildman–Crippen LogP) is 2.73. The molecule has 2 rings (SSSR count). The Morgan fingerprint density at radius 2 is 1.94 bits per heavy atom. The van der Waals surface area contributed by atoms with Crippen molar-refractivity contribution in [3.63, 3.8) is 0 Å². The first kappa shape index (κ1) is 17.4. The first-order valence-corrected chi connectivity index (χ1v) is 5.92. The molecule has 104 valence electrons. The molecule has 0 aromatic heterocycles. The summed E-state index contributed by atoms with van der Waals surface area (Å²) < 4.78 is 5.40. The lowest BCUT2D eigenvalue weighted by Gasteiger charge is -2.24. The van der Waals surface area contributed by atoms with E-state index in [0.717, 1.165) is 25.4 Å². The lowest BCUT2D eigenvalue weighted by Crippen LogP contribution is -2.29. The second-order valence-electron chi connectivity index (χ2n) is 4.30. The van der Waals surface area contributed by atoms with E-state index in [2.05, 4.69) is 29.3 Å². The molecule has 3 nitrogen and oxygen atoms in total. The van der Waals surface area contributed by atoms with Gasteiger partial charge in [0.15, 0.2) is 0 Å². The first-order valence-electron chi connectivity index (χ1n) is 5.92. The minimum Gasteiger partial charge on any atom is -0.495 e. The topological polar surface area (TPSA) is 24.5 Å². The molecule has 1 atom stereocenters. The van der Waals surface area contributed by atoms with E-state index in [9.17, 15) is 0 Å². The lowest BCUT2D eigenvalue weighted by molar-refractivity contribution is 0.414. The second-order valence-corrected chi connectivity index (χ2v) is 4.30. The van der Waals surface area contributed by atoms with Gasteiger partial charge in [-0.25, -0.2) is 0 Å². The van der Waals surface area contributed by atoms with Crippen LogP contribution in [-0.4, -0.2) is 32.8 Å². The predicted molar refractivity (Wildman–Crippen MR) is 81.8 cm³/mol. The number of hydrogen-bond donors (Lipinski definition) is 1. The molecule has 0 radical (unpaired) electrons. The quantitative estimate of drug-likeness (QED) is 0.907. The van der Waals surface area contributed by atoms with Crippen molar-refractivity contribution in [1.29, 1.82) is 0 Å². The van der Waals surface area contributed by atoms with Crippen molar-refractivity contribution in [1.82, 2.24) is 5.32 Å². The first-order chi connectivity index (χ1) is 7.81. The van der Waals surface area contributed by atoms with E-state index in [1.165, 1.54) is 12.1 Å². The molecule has 1 aliphatic heterocycles. The van der Waals surface area contributed by atoms with Gasteiger partial charge in [-0.15, -0.1) is 24.8 Å². The molecule has 0 saturated carbocycles. The third-order valence-electron chi connectivity index (χ3n) is 3.13. The van der Waals surface area contributed by atoms with E-state index in [1.807, 2.05) is 12.1 Å². The van der Waals surface area contributed by atoms with Crippen LogP contribution in [0.4, 0.5) is 5.69 Å². The maximum atomic E-state index is 5.40. The van der Waals surface area contributed by atoms with Crippen molar-refractivity contribution in [3.05, 3.63) is 24.3 Å². The van der Waals surface area contributed by atoms with Crippen molar-refractivity contribution >= 4 is 30.5 Å². The molecule has 1 unspecified atom stereocenters. The molecule has 1 heterocycles. The van der Waals surface area contributed by atoms with Crippen LogP contribution in [0.5, 0.6) is 5.75 Å². The maximum absolute atomic E-state index is 5.40. The SMILES string of the molecule is COc1ccccc1N1CCNC(C)CC1.Cl.Cl. The fraction of sp³-hybridized carbons (Fsp3) is 0.538. The number of para-hydroxylation sites is 2. The van der Waals surface area contributed by atoms with Gasteiger partial charge in [-0.2, -0.15) is 0 Å². The number of nitrogens with zero attached hydrogens (tertiary/aromatic N) is 1. The minimum atomic E-state index is 0. The zero-order valence-corrected chi connectivity index (χ0v) is 12.5. The summed E-state index contributed by atoms with van der Waals surface area (Å²) in [5.74, 6) is 0.969. The van der Waals surface area contributed by atoms with E-state index in [1.54, 1.807) is 7.11 Å². The Kier molecular flexibility index (Phi) is 8.16. The average molecular weight is 293 g/mol. The van der Waals surface area contributed by atoms with Crippen molar-refractivity contribution in [2.75, 3.05) is 31.6 Å². The Morgan fingerprint density at radius 1 is 1.22 bits per heavy atom. The smallest absolute Gasteiger partial charge is 0.142 e. The van der Waals surface area contributed by atoms with Crippen molar-refractivity contribution in [3.8, 4) is 5.75 Å². The number of hydrogen-bond acceptors (Lipinski definition) is 3. The largest absolute Gasteiger partial charge is 0.495 e. The van der Waals surface area contributed by atoms with Crippen LogP contribution in [0.15, 0.2) is 24.3 Å². The number of methoxy groups -OCH3 is 1. The molecule has 0 bridgehead atoms. The van der Waals surface area contributed by atoms with Crippen LogP contribution in [0.1, 0.15) is 13.3 Å². The molecule has 1 N–H and O–H groups in total. The third kappa shape index (κ3) is 4.23. The van der Waals surface area contributed by atoms with Crippen LogP contribution in [0.3, 0.4) is 0 Å². The van der Waals surface area contributed by atoms with E-state index in [-0.39, 0.29) is 24.8 Å². The highest BCUT2D eigenvalue weighted by Gasteiger charge is 2.15. The number of anilines is 1. The normalized spacial score (nSPS) is 19.2. The standard InChI is InChI=1S/C13H20N2O.2ClH/c1-11-7-9-15(10-8-14-11)12-5-3-4-6-13(12)16-2;;/h3-6,11,14H,7-10H2,1-2H3;2*1H. The number of ether oxygens (including phenoxy) is 1. The zero-order valence-electron chi connectivity index (χ0n) is 10.9. The molecule has 1 fully saturated rings. The molecule has 18 heavy (non-hydrogen) atoms. The van der Waals surface area contributed by atoms with E-state index < -0.39 is 0 Å². The van der Waals surface area contributed by atoms with Gasteiger partial charge in [0.25, 0.3) is 0 Å². The van der Waals surface area contributed by atoms with Crippen LogP contribution >= 0.6 is 24.8 Å². The highest BCUT2D eigenvalue weighted by molar-refractivity contribution is 5.85. The molecule has 1 aliphatic rings. The summed E-state index contributed by atoms with van der Waals surface area (Å²) in [5.41, 5.74) is 1.21.